The van der Waals surface area contributed by atoms with Gasteiger partial charge in [-0.15, -0.1) is 0 Å². The summed E-state index contributed by atoms with van der Waals surface area (Å²) in [5, 5.41) is 17.4. The van der Waals surface area contributed by atoms with Gasteiger partial charge in [-0.05, 0) is 0 Å². The lowest BCUT2D eigenvalue weighted by atomic mass is 10.3. The molecule has 0 aromatic rings. The number of aliphatic hydroxyl groups excluding tert-OH is 2. The van der Waals surface area contributed by atoms with Crippen LogP contribution in [-0.2, 0) is 25.0 Å². The van der Waals surface area contributed by atoms with Crippen LogP contribution < -0.4 is 0 Å². The highest BCUT2D eigenvalue weighted by molar-refractivity contribution is 7.86. The molecule has 4 N–H and O–H groups in total. The molecular weight excluding hydrogens is 456 g/mol. The summed E-state index contributed by atoms with van der Waals surface area (Å²) in [5.41, 5.74) is 0. The second-order valence-electron chi connectivity index (χ2n) is 7.36. The molecule has 0 atom stereocenters. The molecule has 0 saturated carbocycles. The molecule has 0 unspecified atom stereocenters. The number of β-amino-alcohol motifs (C(OH)–C–C–N with tert-alkyl or cyclic N) is 1. The molecule has 1 amide bonds. The fraction of sp³-hybridized carbons (Fsp3) is 0.938. The molecule has 184 valence electrons. The number of piperazine rings is 2. The van der Waals surface area contributed by atoms with Crippen LogP contribution in [0.2, 0.25) is 0 Å². The maximum absolute atomic E-state index is 11.1. The quantitative estimate of drug-likeness (QED) is 0.235. The van der Waals surface area contributed by atoms with Gasteiger partial charge in [0.05, 0.1) is 18.1 Å². The topological polar surface area (TPSA) is 179 Å². The van der Waals surface area contributed by atoms with E-state index < -0.39 is 26.8 Å². The Balaban J connectivity index is 0.000000311. The zero-order chi connectivity index (χ0) is 23.5. The zero-order valence-electron chi connectivity index (χ0n) is 17.5. The van der Waals surface area contributed by atoms with Gasteiger partial charge >= 0.3 is 0 Å². The first-order valence-corrected chi connectivity index (χ1v) is 13.2. The van der Waals surface area contributed by atoms with Gasteiger partial charge in [0, 0.05) is 72.0 Å². The third-order valence-electron chi connectivity index (χ3n) is 5.07. The normalized spacial score (nSPS) is 19.7. The number of carbonyl (C=O) groups is 1. The Labute approximate surface area is 183 Å². The minimum atomic E-state index is -3.92. The Morgan fingerprint density at radius 3 is 1.32 bits per heavy atom. The van der Waals surface area contributed by atoms with Crippen molar-refractivity contribution < 1.29 is 40.9 Å². The van der Waals surface area contributed by atoms with Crippen molar-refractivity contribution in [1.82, 2.24) is 19.6 Å². The minimum absolute atomic E-state index is 0.158. The molecular formula is C16H34N4O9S2. The van der Waals surface area contributed by atoms with Crippen LogP contribution in [0.5, 0.6) is 0 Å². The first kappa shape index (κ1) is 28.1. The average molecular weight is 491 g/mol. The summed E-state index contributed by atoms with van der Waals surface area (Å²) >= 11 is 0. The van der Waals surface area contributed by atoms with Crippen LogP contribution >= 0.6 is 0 Å². The molecule has 0 spiro atoms. The van der Waals surface area contributed by atoms with Crippen molar-refractivity contribution >= 4 is 26.1 Å². The Bertz CT molecular complexity index is 732. The molecule has 2 heterocycles. The first-order chi connectivity index (χ1) is 14.4. The van der Waals surface area contributed by atoms with E-state index in [0.29, 0.717) is 39.3 Å². The Kier molecular flexibility index (Phi) is 12.3. The Hall–Kier alpha value is -0.910. The molecule has 2 rings (SSSR count). The zero-order valence-corrected chi connectivity index (χ0v) is 19.2. The van der Waals surface area contributed by atoms with Gasteiger partial charge in [0.1, 0.15) is 6.61 Å². The summed E-state index contributed by atoms with van der Waals surface area (Å²) in [4.78, 5) is 18.6. The summed E-state index contributed by atoms with van der Waals surface area (Å²) in [6, 6.07) is 0. The van der Waals surface area contributed by atoms with Crippen LogP contribution in [-0.4, -0.2) is 158 Å². The van der Waals surface area contributed by atoms with Crippen LogP contribution in [0.4, 0.5) is 0 Å². The van der Waals surface area contributed by atoms with E-state index in [1.165, 1.54) is 4.90 Å². The van der Waals surface area contributed by atoms with E-state index in [1.807, 2.05) is 9.80 Å². The van der Waals surface area contributed by atoms with Crippen molar-refractivity contribution in [3.8, 4) is 0 Å². The third-order valence-corrected chi connectivity index (χ3v) is 6.47. The van der Waals surface area contributed by atoms with Crippen molar-refractivity contribution in [1.29, 1.82) is 0 Å². The summed E-state index contributed by atoms with van der Waals surface area (Å²) in [7, 11) is -7.76. The number of nitrogens with zero attached hydrogens (tertiary/aromatic N) is 4. The van der Waals surface area contributed by atoms with Crippen molar-refractivity contribution in [2.24, 2.45) is 0 Å². The van der Waals surface area contributed by atoms with E-state index >= 15 is 0 Å². The molecule has 0 aliphatic carbocycles. The Morgan fingerprint density at radius 1 is 0.645 bits per heavy atom. The molecule has 2 aliphatic heterocycles. The van der Waals surface area contributed by atoms with Gasteiger partial charge in [0.25, 0.3) is 20.2 Å². The average Bonchev–Trinajstić information content (AvgIpc) is 2.71. The monoisotopic (exact) mass is 490 g/mol. The van der Waals surface area contributed by atoms with Gasteiger partial charge in [0.15, 0.2) is 0 Å². The summed E-state index contributed by atoms with van der Waals surface area (Å²) < 4.78 is 59.3. The van der Waals surface area contributed by atoms with Crippen molar-refractivity contribution in [3.05, 3.63) is 0 Å². The van der Waals surface area contributed by atoms with Gasteiger partial charge in [-0.25, -0.2) is 0 Å². The molecule has 0 bridgehead atoms. The van der Waals surface area contributed by atoms with E-state index in [1.54, 1.807) is 0 Å². The van der Waals surface area contributed by atoms with E-state index in [2.05, 4.69) is 4.90 Å². The lowest BCUT2D eigenvalue weighted by Crippen LogP contribution is -2.50. The molecule has 2 aliphatic rings. The van der Waals surface area contributed by atoms with Crippen molar-refractivity contribution in [2.75, 3.05) is 96.7 Å². The SMILES string of the molecule is O=C(CO)N1CCN(CCS(=O)(=O)O)CC1.O=S(=O)(O)CCN1CCN(CCO)CC1. The number of amides is 1. The van der Waals surface area contributed by atoms with Crippen LogP contribution in [0, 0.1) is 0 Å². The van der Waals surface area contributed by atoms with E-state index in [4.69, 9.17) is 19.3 Å². The highest BCUT2D eigenvalue weighted by Gasteiger charge is 2.21. The summed E-state index contributed by atoms with van der Waals surface area (Å²) in [5.74, 6) is -0.803. The fourth-order valence-electron chi connectivity index (χ4n) is 3.19. The van der Waals surface area contributed by atoms with Gasteiger partial charge in [0.2, 0.25) is 5.91 Å². The van der Waals surface area contributed by atoms with Crippen molar-refractivity contribution in [3.63, 3.8) is 0 Å². The molecule has 13 nitrogen and oxygen atoms in total. The third kappa shape index (κ3) is 13.3. The van der Waals surface area contributed by atoms with Crippen molar-refractivity contribution in [2.45, 2.75) is 0 Å². The molecule has 2 fully saturated rings. The van der Waals surface area contributed by atoms with Crippen LogP contribution in [0.25, 0.3) is 0 Å². The summed E-state index contributed by atoms with van der Waals surface area (Å²) in [6.45, 7) is 6.30. The number of rotatable bonds is 9. The molecule has 0 radical (unpaired) electrons. The number of hydrogen-bond donors (Lipinski definition) is 4. The largest absolute Gasteiger partial charge is 0.395 e. The van der Waals surface area contributed by atoms with Gasteiger partial charge in [-0.1, -0.05) is 0 Å². The maximum atomic E-state index is 11.1. The van der Waals surface area contributed by atoms with Gasteiger partial charge in [-0.2, -0.15) is 16.8 Å². The number of aliphatic hydroxyl groups is 2. The van der Waals surface area contributed by atoms with E-state index in [0.717, 1.165) is 26.2 Å². The lowest BCUT2D eigenvalue weighted by molar-refractivity contribution is -0.135. The fourth-order valence-corrected chi connectivity index (χ4v) is 4.17. The molecule has 0 aromatic heterocycles. The van der Waals surface area contributed by atoms with Gasteiger partial charge in [-0.3, -0.25) is 28.6 Å². The molecule has 15 heteroatoms. The Morgan fingerprint density at radius 2 is 1.00 bits per heavy atom. The predicted octanol–water partition coefficient (Wildman–Crippen LogP) is -3.51. The second-order valence-corrected chi connectivity index (χ2v) is 10.5. The first-order valence-electron chi connectivity index (χ1n) is 10.0. The second kappa shape index (κ2) is 13.6. The van der Waals surface area contributed by atoms with E-state index in [-0.39, 0.29) is 30.6 Å². The summed E-state index contributed by atoms with van der Waals surface area (Å²) in [6.07, 6.45) is 0. The standard InChI is InChI=1S/C8H16N2O5S.C8H18N2O4S/c11-7-8(12)10-3-1-9(2-4-10)5-6-16(13,14)15;11-7-5-9-1-3-10(4-2-9)6-8-15(12,13)14/h11H,1-7H2,(H,13,14,15);11H,1-8H2,(H,12,13,14). The molecule has 31 heavy (non-hydrogen) atoms. The van der Waals surface area contributed by atoms with Crippen LogP contribution in [0.3, 0.4) is 0 Å². The van der Waals surface area contributed by atoms with Crippen LogP contribution in [0.1, 0.15) is 0 Å². The number of hydrogen-bond acceptors (Lipinski definition) is 10. The van der Waals surface area contributed by atoms with Crippen LogP contribution in [0.15, 0.2) is 0 Å². The number of carbonyl (C=O) groups excluding carboxylic acids is 1. The van der Waals surface area contributed by atoms with Gasteiger partial charge < -0.3 is 15.1 Å². The lowest BCUT2D eigenvalue weighted by Gasteiger charge is -2.34. The highest BCUT2D eigenvalue weighted by atomic mass is 32.2. The van der Waals surface area contributed by atoms with E-state index in [9.17, 15) is 21.6 Å². The molecule has 2 saturated heterocycles. The maximum Gasteiger partial charge on any atom is 0.266 e. The highest BCUT2D eigenvalue weighted by Crippen LogP contribution is 2.03. The predicted molar refractivity (Wildman–Crippen MR) is 113 cm³/mol. The minimum Gasteiger partial charge on any atom is -0.395 e. The smallest absolute Gasteiger partial charge is 0.266 e. The molecule has 0 aromatic carbocycles.